The number of carbonyl (C=O) groups excluding carboxylic acids is 6. The maximum absolute atomic E-state index is 11.0. The van der Waals surface area contributed by atoms with Gasteiger partial charge in [0.2, 0.25) is 18.2 Å². The second kappa shape index (κ2) is 26.7. The van der Waals surface area contributed by atoms with Crippen molar-refractivity contribution in [1.82, 2.24) is 15.9 Å². The van der Waals surface area contributed by atoms with Gasteiger partial charge in [-0.2, -0.15) is 0 Å². The highest BCUT2D eigenvalue weighted by Crippen LogP contribution is 2.06. The summed E-state index contributed by atoms with van der Waals surface area (Å²) in [7, 11) is 0. The maximum Gasteiger partial charge on any atom is 0.321 e. The molecule has 0 saturated heterocycles. The average Bonchev–Trinajstić information content (AvgIpc) is 2.86. The molecule has 0 fully saturated rings. The molecule has 2 unspecified atom stereocenters. The fourth-order valence-corrected chi connectivity index (χ4v) is 2.30. The predicted molar refractivity (Wildman–Crippen MR) is 140 cm³/mol. The highest BCUT2D eigenvalue weighted by Gasteiger charge is 2.08. The zero-order chi connectivity index (χ0) is 30.1. The number of imide groups is 1. The van der Waals surface area contributed by atoms with Crippen molar-refractivity contribution >= 4 is 35.8 Å². The van der Waals surface area contributed by atoms with Crippen LogP contribution in [0.4, 0.5) is 4.79 Å². The molecule has 0 aliphatic carbocycles. The smallest absolute Gasteiger partial charge is 0.321 e. The molecular formula is C24H48N6O6. The second-order valence-electron chi connectivity index (χ2n) is 8.19. The van der Waals surface area contributed by atoms with Crippen LogP contribution in [0.15, 0.2) is 0 Å². The Morgan fingerprint density at radius 3 is 1.69 bits per heavy atom. The minimum atomic E-state index is -1.24. The van der Waals surface area contributed by atoms with Crippen molar-refractivity contribution in [3.8, 4) is 0 Å². The van der Waals surface area contributed by atoms with Crippen LogP contribution in [0.3, 0.4) is 0 Å². The number of Topliss-reactive ketones (excluding diaryl/α,β-unsaturated/α-hetero) is 2. The fourth-order valence-electron chi connectivity index (χ4n) is 2.30. The molecule has 0 spiro atoms. The van der Waals surface area contributed by atoms with Crippen molar-refractivity contribution in [2.75, 3.05) is 26.2 Å². The molecule has 0 bridgehead atoms. The van der Waals surface area contributed by atoms with E-state index in [2.05, 4.69) is 5.32 Å². The van der Waals surface area contributed by atoms with E-state index in [0.29, 0.717) is 57.0 Å². The van der Waals surface area contributed by atoms with Crippen LogP contribution in [0.5, 0.6) is 0 Å². The summed E-state index contributed by atoms with van der Waals surface area (Å²) in [5, 5.41) is 5.02. The molecule has 0 aromatic rings. The molecule has 5 amide bonds. The lowest BCUT2D eigenvalue weighted by Gasteiger charge is -2.06. The van der Waals surface area contributed by atoms with Crippen molar-refractivity contribution in [3.05, 3.63) is 0 Å². The number of hydrogen-bond donors (Lipinski definition) is 6. The molecule has 0 aliphatic heterocycles. The zero-order valence-corrected chi connectivity index (χ0v) is 22.3. The van der Waals surface area contributed by atoms with Gasteiger partial charge in [0.15, 0.2) is 1.41 Å². The van der Waals surface area contributed by atoms with Gasteiger partial charge < -0.3 is 27.8 Å². The van der Waals surface area contributed by atoms with E-state index in [1.54, 1.807) is 12.2 Å². The number of hydrogen-bond acceptors (Lipinski definition) is 8. The lowest BCUT2D eigenvalue weighted by Crippen LogP contribution is -2.35. The summed E-state index contributed by atoms with van der Waals surface area (Å²) in [5.41, 5.74) is 15.4. The summed E-state index contributed by atoms with van der Waals surface area (Å²) in [6.07, 6.45) is 4.46. The van der Waals surface area contributed by atoms with Gasteiger partial charge >= 0.3 is 6.03 Å². The van der Waals surface area contributed by atoms with Crippen LogP contribution in [0.2, 0.25) is 1.41 Å². The van der Waals surface area contributed by atoms with Gasteiger partial charge in [0, 0.05) is 31.2 Å². The quantitative estimate of drug-likeness (QED) is 0.118. The van der Waals surface area contributed by atoms with Gasteiger partial charge in [0.25, 0.3) is 0 Å². The van der Waals surface area contributed by atoms with Crippen LogP contribution in [-0.2, 0) is 24.0 Å². The zero-order valence-electron chi connectivity index (χ0n) is 24.3. The molecule has 0 saturated carbocycles. The van der Waals surface area contributed by atoms with Crippen molar-refractivity contribution in [3.63, 3.8) is 0 Å². The average molecular weight is 518 g/mol. The van der Waals surface area contributed by atoms with E-state index in [1.165, 1.54) is 0 Å². The molecule has 0 aromatic heterocycles. The van der Waals surface area contributed by atoms with Crippen LogP contribution in [-0.4, -0.2) is 62.0 Å². The lowest BCUT2D eigenvalue weighted by atomic mass is 10.0. The number of ketones is 2. The first-order valence-electron chi connectivity index (χ1n) is 13.3. The molecule has 0 rings (SSSR count). The Balaban J connectivity index is -0.000000509. The predicted octanol–water partition coefficient (Wildman–Crippen LogP) is 0.505. The summed E-state index contributed by atoms with van der Waals surface area (Å²) in [4.78, 5) is 63.8. The minimum Gasteiger partial charge on any atom is -0.369 e. The van der Waals surface area contributed by atoms with Gasteiger partial charge in [-0.3, -0.25) is 29.3 Å². The highest BCUT2D eigenvalue weighted by atomic mass is 16.2. The molecule has 210 valence electrons. The van der Waals surface area contributed by atoms with Crippen LogP contribution >= 0.6 is 0 Å². The normalized spacial score (nSPS) is 12.1. The summed E-state index contributed by atoms with van der Waals surface area (Å²) < 4.78 is 13.7. The summed E-state index contributed by atoms with van der Waals surface area (Å²) in [5.74, 6) is -0.505. The van der Waals surface area contributed by atoms with Gasteiger partial charge in [-0.15, -0.1) is 0 Å². The van der Waals surface area contributed by atoms with Crippen LogP contribution in [0, 0.1) is 11.8 Å². The SMILES string of the molecule is CC(CCCCN)C(N)=O.CCC(=O)CNCC(=O)CC.[1H]N(CCCCC(C)C(N)=O)C(=O)NC([2H])=O. The van der Waals surface area contributed by atoms with Gasteiger partial charge in [-0.05, 0) is 32.2 Å². The number of primary amides is 2. The second-order valence-corrected chi connectivity index (χ2v) is 8.19. The standard InChI is InChI=1S/C9H17N3O3.C8H15NO2.C7H16N2O/c1-7(8(10)14)4-2-3-5-11-9(15)12-6-13;1-3-7(10)5-9-6-8(11)4-2;1-6(7(9)10)4-2-3-5-8/h6-7H,2-5H2,1H3,(H2,10,14)(H2,11,12,13,15);9H,3-6H2,1-2H3;6H,2-5,8H2,1H3,(H2,9,10)/i6D;;/hH. The molecule has 12 heteroatoms. The molecule has 0 heterocycles. The number of nitrogens with two attached hydrogens (primary N) is 3. The van der Waals surface area contributed by atoms with E-state index in [9.17, 15) is 28.8 Å². The third-order valence-electron chi connectivity index (χ3n) is 4.95. The first kappa shape index (κ1) is 33.1. The Morgan fingerprint density at radius 1 is 0.889 bits per heavy atom. The molecule has 0 aromatic carbocycles. The molecule has 0 radical (unpaired) electrons. The van der Waals surface area contributed by atoms with E-state index >= 15 is 0 Å². The van der Waals surface area contributed by atoms with E-state index < -0.39 is 12.4 Å². The van der Waals surface area contributed by atoms with Gasteiger partial charge in [-0.25, -0.2) is 4.79 Å². The maximum atomic E-state index is 11.0. The molecular weight excluding hydrogens is 468 g/mol. The largest absolute Gasteiger partial charge is 0.369 e. The van der Waals surface area contributed by atoms with Crippen molar-refractivity contribution in [2.24, 2.45) is 29.0 Å². The van der Waals surface area contributed by atoms with Crippen LogP contribution < -0.4 is 33.1 Å². The number of nitrogens with one attached hydrogen (secondary N) is 3. The van der Waals surface area contributed by atoms with E-state index in [1.807, 2.05) is 20.8 Å². The Labute approximate surface area is 218 Å². The number of rotatable bonds is 17. The summed E-state index contributed by atoms with van der Waals surface area (Å²) in [6, 6.07) is -0.923. The van der Waals surface area contributed by atoms with Gasteiger partial charge in [-0.1, -0.05) is 40.5 Å². The Morgan fingerprint density at radius 2 is 1.33 bits per heavy atom. The van der Waals surface area contributed by atoms with Gasteiger partial charge in [0.05, 0.1) is 13.1 Å². The third kappa shape index (κ3) is 29.2. The Hall–Kier alpha value is -2.86. The minimum absolute atomic E-state index is 0.00606. The summed E-state index contributed by atoms with van der Waals surface area (Å²) >= 11 is 0. The topological polar surface area (TPSA) is 217 Å². The molecule has 12 nitrogen and oxygen atoms in total. The lowest BCUT2D eigenvalue weighted by molar-refractivity contribution is -0.122. The van der Waals surface area contributed by atoms with E-state index in [0.717, 1.165) is 19.3 Å². The highest BCUT2D eigenvalue weighted by molar-refractivity contribution is 5.84. The first-order valence-corrected chi connectivity index (χ1v) is 12.3. The van der Waals surface area contributed by atoms with Crippen molar-refractivity contribution < 1.29 is 31.5 Å². The molecule has 2 atom stereocenters. The number of unbranched alkanes of at least 4 members (excludes halogenated alkanes) is 2. The fraction of sp³-hybridized carbons (Fsp3) is 0.750. The van der Waals surface area contributed by atoms with Crippen molar-refractivity contribution in [2.45, 2.75) is 79.1 Å². The van der Waals surface area contributed by atoms with Crippen molar-refractivity contribution in [1.29, 1.82) is 0 Å². The number of carbonyl (C=O) groups is 6. The summed E-state index contributed by atoms with van der Waals surface area (Å²) in [6.45, 7) is 8.66. The first-order chi connectivity index (χ1) is 17.7. The van der Waals surface area contributed by atoms with Crippen LogP contribution in [0.25, 0.3) is 0 Å². The van der Waals surface area contributed by atoms with Gasteiger partial charge in [0.1, 0.15) is 12.9 Å². The molecule has 0 aliphatic rings. The Bertz CT molecular complexity index is 711. The molecule has 9 N–H and O–H groups in total. The van der Waals surface area contributed by atoms with Crippen LogP contribution in [0.1, 0.15) is 80.4 Å². The van der Waals surface area contributed by atoms with E-state index in [4.69, 9.17) is 20.0 Å². The third-order valence-corrected chi connectivity index (χ3v) is 4.95. The van der Waals surface area contributed by atoms with E-state index in [-0.39, 0.29) is 41.8 Å². The molecule has 36 heavy (non-hydrogen) atoms. The number of urea groups is 1. The number of amides is 5. The Kier molecular flexibility index (Phi) is 24.6. The monoisotopic (exact) mass is 517 g/mol.